The number of carboxylic acid groups (broad SMARTS) is 1. The number of aliphatic hydroxyl groups excluding tert-OH is 1. The van der Waals surface area contributed by atoms with E-state index in [1.807, 2.05) is 0 Å². The lowest BCUT2D eigenvalue weighted by atomic mass is 10.2. The van der Waals surface area contributed by atoms with E-state index in [1.54, 1.807) is 19.0 Å². The van der Waals surface area contributed by atoms with E-state index >= 15 is 0 Å². The van der Waals surface area contributed by atoms with Crippen LogP contribution in [-0.2, 0) is 4.79 Å². The highest BCUT2D eigenvalue weighted by Crippen LogP contribution is 2.00. The first-order valence-electron chi connectivity index (χ1n) is 5.78. The van der Waals surface area contributed by atoms with E-state index in [2.05, 4.69) is 0 Å². The van der Waals surface area contributed by atoms with Gasteiger partial charge in [0.05, 0.1) is 6.42 Å². The Balaban J connectivity index is 3.82. The monoisotopic (exact) mass is 246 g/mol. The Morgan fingerprint density at radius 3 is 2.12 bits per heavy atom. The number of nitrogens with zero attached hydrogens (tertiary/aromatic N) is 2. The van der Waals surface area contributed by atoms with Crippen molar-refractivity contribution in [3.05, 3.63) is 0 Å². The van der Waals surface area contributed by atoms with E-state index in [4.69, 9.17) is 10.2 Å². The Bertz CT molecular complexity index is 246. The van der Waals surface area contributed by atoms with E-state index in [0.717, 1.165) is 19.3 Å². The third-order valence-electron chi connectivity index (χ3n) is 2.47. The lowest BCUT2D eigenvalue weighted by Crippen LogP contribution is -2.40. The van der Waals surface area contributed by atoms with Crippen molar-refractivity contribution < 1.29 is 19.8 Å². The molecule has 0 heterocycles. The van der Waals surface area contributed by atoms with Crippen molar-refractivity contribution in [3.8, 4) is 0 Å². The second-order valence-corrected chi connectivity index (χ2v) is 4.05. The summed E-state index contributed by atoms with van der Waals surface area (Å²) < 4.78 is 0. The molecule has 0 saturated heterocycles. The summed E-state index contributed by atoms with van der Waals surface area (Å²) in [5, 5.41) is 17.1. The van der Waals surface area contributed by atoms with Crippen LogP contribution in [0.25, 0.3) is 0 Å². The molecule has 0 aromatic rings. The number of carbonyl (C=O) groups excluding carboxylic acids is 1. The highest BCUT2D eigenvalue weighted by molar-refractivity contribution is 5.74. The van der Waals surface area contributed by atoms with Crippen molar-refractivity contribution in [2.24, 2.45) is 0 Å². The van der Waals surface area contributed by atoms with Crippen LogP contribution < -0.4 is 0 Å². The van der Waals surface area contributed by atoms with Gasteiger partial charge in [-0.2, -0.15) is 0 Å². The van der Waals surface area contributed by atoms with Gasteiger partial charge in [0.1, 0.15) is 0 Å². The van der Waals surface area contributed by atoms with Crippen LogP contribution in [-0.4, -0.2) is 65.8 Å². The molecule has 100 valence electrons. The fraction of sp³-hybridized carbons (Fsp3) is 0.818. The topological polar surface area (TPSA) is 81.1 Å². The number of amides is 2. The maximum absolute atomic E-state index is 11.7. The van der Waals surface area contributed by atoms with Gasteiger partial charge in [0.2, 0.25) is 0 Å². The van der Waals surface area contributed by atoms with Gasteiger partial charge in [-0.3, -0.25) is 4.79 Å². The van der Waals surface area contributed by atoms with Crippen molar-refractivity contribution >= 4 is 12.0 Å². The number of aliphatic carboxylic acids is 1. The molecular weight excluding hydrogens is 224 g/mol. The molecule has 0 unspecified atom stereocenters. The number of hydrogen-bond acceptors (Lipinski definition) is 3. The number of hydrogen-bond donors (Lipinski definition) is 2. The van der Waals surface area contributed by atoms with E-state index in [9.17, 15) is 9.59 Å². The number of rotatable bonds is 8. The van der Waals surface area contributed by atoms with E-state index in [0.29, 0.717) is 6.54 Å². The predicted octanol–water partition coefficient (Wildman–Crippen LogP) is 0.607. The van der Waals surface area contributed by atoms with Crippen LogP contribution in [0.4, 0.5) is 4.79 Å². The largest absolute Gasteiger partial charge is 0.481 e. The maximum Gasteiger partial charge on any atom is 0.319 e. The summed E-state index contributed by atoms with van der Waals surface area (Å²) in [6.45, 7) is 1.02. The average Bonchev–Trinajstić information content (AvgIpc) is 2.30. The highest BCUT2D eigenvalue weighted by Gasteiger charge is 2.14. The first-order valence-corrected chi connectivity index (χ1v) is 5.78. The Labute approximate surface area is 102 Å². The summed E-state index contributed by atoms with van der Waals surface area (Å²) in [7, 11) is 3.29. The molecule has 6 heteroatoms. The van der Waals surface area contributed by atoms with Gasteiger partial charge in [0, 0.05) is 33.8 Å². The fourth-order valence-electron chi connectivity index (χ4n) is 1.38. The van der Waals surface area contributed by atoms with Crippen molar-refractivity contribution in [2.75, 3.05) is 33.8 Å². The molecule has 0 rings (SSSR count). The van der Waals surface area contributed by atoms with Gasteiger partial charge in [0.15, 0.2) is 0 Å². The van der Waals surface area contributed by atoms with Crippen LogP contribution in [0.5, 0.6) is 0 Å². The third-order valence-corrected chi connectivity index (χ3v) is 2.47. The minimum Gasteiger partial charge on any atom is -0.481 e. The van der Waals surface area contributed by atoms with Crippen molar-refractivity contribution in [2.45, 2.75) is 25.7 Å². The molecule has 0 aliphatic rings. The molecule has 0 spiro atoms. The van der Waals surface area contributed by atoms with Gasteiger partial charge in [-0.15, -0.1) is 0 Å². The van der Waals surface area contributed by atoms with Crippen molar-refractivity contribution in [1.29, 1.82) is 0 Å². The molecule has 2 N–H and O–H groups in total. The van der Waals surface area contributed by atoms with Gasteiger partial charge >= 0.3 is 12.0 Å². The normalized spacial score (nSPS) is 10.1. The van der Waals surface area contributed by atoms with Crippen molar-refractivity contribution in [1.82, 2.24) is 9.80 Å². The van der Waals surface area contributed by atoms with Gasteiger partial charge in [0.25, 0.3) is 0 Å². The highest BCUT2D eigenvalue weighted by atomic mass is 16.4. The summed E-state index contributed by atoms with van der Waals surface area (Å²) in [5.74, 6) is -0.907. The molecule has 0 bridgehead atoms. The predicted molar refractivity (Wildman–Crippen MR) is 63.8 cm³/mol. The summed E-state index contributed by atoms with van der Waals surface area (Å²) in [4.78, 5) is 25.1. The molecule has 0 aliphatic carbocycles. The molecule has 0 aromatic carbocycles. The van der Waals surface area contributed by atoms with Crippen LogP contribution in [0.1, 0.15) is 25.7 Å². The molecule has 0 aliphatic heterocycles. The zero-order valence-electron chi connectivity index (χ0n) is 10.6. The summed E-state index contributed by atoms with van der Waals surface area (Å²) >= 11 is 0. The molecule has 0 saturated carbocycles. The SMILES string of the molecule is CN(CCCCCO)C(=O)N(C)CCC(=O)O. The van der Waals surface area contributed by atoms with Gasteiger partial charge in [-0.1, -0.05) is 0 Å². The first-order chi connectivity index (χ1) is 7.99. The van der Waals surface area contributed by atoms with E-state index in [-0.39, 0.29) is 25.6 Å². The molecule has 0 aromatic heterocycles. The number of carboxylic acids is 1. The Hall–Kier alpha value is -1.30. The Kier molecular flexibility index (Phi) is 8.13. The summed E-state index contributed by atoms with van der Waals surface area (Å²) in [6.07, 6.45) is 2.43. The Morgan fingerprint density at radius 2 is 1.59 bits per heavy atom. The zero-order chi connectivity index (χ0) is 13.3. The molecule has 0 radical (unpaired) electrons. The summed E-state index contributed by atoms with van der Waals surface area (Å²) in [5.41, 5.74) is 0. The standard InChI is InChI=1S/C11H22N2O4/c1-12(7-4-3-5-9-14)11(17)13(2)8-6-10(15)16/h14H,3-9H2,1-2H3,(H,15,16). The second kappa shape index (κ2) is 8.81. The maximum atomic E-state index is 11.7. The number of urea groups is 1. The van der Waals surface area contributed by atoms with E-state index < -0.39 is 5.97 Å². The zero-order valence-corrected chi connectivity index (χ0v) is 10.6. The third kappa shape index (κ3) is 7.57. The molecule has 0 atom stereocenters. The molecular formula is C11H22N2O4. The van der Waals surface area contributed by atoms with Gasteiger partial charge in [-0.05, 0) is 19.3 Å². The van der Waals surface area contributed by atoms with E-state index in [1.165, 1.54) is 4.90 Å². The smallest absolute Gasteiger partial charge is 0.319 e. The molecule has 17 heavy (non-hydrogen) atoms. The number of carbonyl (C=O) groups is 2. The minimum atomic E-state index is -0.907. The van der Waals surface area contributed by atoms with Crippen LogP contribution in [0, 0.1) is 0 Å². The quantitative estimate of drug-likeness (QED) is 0.615. The van der Waals surface area contributed by atoms with Crippen LogP contribution in [0.2, 0.25) is 0 Å². The molecule has 0 fully saturated rings. The number of aliphatic hydroxyl groups is 1. The first kappa shape index (κ1) is 15.7. The minimum absolute atomic E-state index is 0.0411. The van der Waals surface area contributed by atoms with Crippen LogP contribution >= 0.6 is 0 Å². The van der Waals surface area contributed by atoms with Crippen molar-refractivity contribution in [3.63, 3.8) is 0 Å². The fourth-order valence-corrected chi connectivity index (χ4v) is 1.38. The molecule has 2 amide bonds. The van der Waals surface area contributed by atoms with Gasteiger partial charge in [-0.25, -0.2) is 4.79 Å². The van der Waals surface area contributed by atoms with Crippen LogP contribution in [0.3, 0.4) is 0 Å². The molecule has 6 nitrogen and oxygen atoms in total. The van der Waals surface area contributed by atoms with Gasteiger partial charge < -0.3 is 20.0 Å². The lowest BCUT2D eigenvalue weighted by molar-refractivity contribution is -0.137. The average molecular weight is 246 g/mol. The number of unbranched alkanes of at least 4 members (excludes halogenated alkanes) is 2. The summed E-state index contributed by atoms with van der Waals surface area (Å²) in [6, 6.07) is -0.171. The lowest BCUT2D eigenvalue weighted by Gasteiger charge is -2.24. The Morgan fingerprint density at radius 1 is 1.00 bits per heavy atom. The van der Waals surface area contributed by atoms with Crippen LogP contribution in [0.15, 0.2) is 0 Å². The second-order valence-electron chi connectivity index (χ2n) is 4.05.